The van der Waals surface area contributed by atoms with Gasteiger partial charge in [-0.15, -0.1) is 11.3 Å². The molecule has 1 aromatic heterocycles. The van der Waals surface area contributed by atoms with Crippen LogP contribution in [0.5, 0.6) is 0 Å². The quantitative estimate of drug-likeness (QED) is 0.758. The number of benzene rings is 2. The molecular formula is C17H17F2N3S. The zero-order valence-electron chi connectivity index (χ0n) is 12.9. The minimum atomic E-state index is -0.589. The Bertz CT molecular complexity index is 810. The van der Waals surface area contributed by atoms with Gasteiger partial charge in [-0.1, -0.05) is 6.07 Å². The number of nitrogens with one attached hydrogen (secondary N) is 1. The normalized spacial score (nSPS) is 11.3. The average Bonchev–Trinajstić information content (AvgIpc) is 2.89. The number of halogens is 2. The van der Waals surface area contributed by atoms with Crippen LogP contribution in [0.4, 0.5) is 14.5 Å². The van der Waals surface area contributed by atoms with Crippen molar-refractivity contribution in [3.8, 4) is 10.6 Å². The zero-order chi connectivity index (χ0) is 16.4. The van der Waals surface area contributed by atoms with Crippen LogP contribution in [-0.2, 0) is 0 Å². The Morgan fingerprint density at radius 3 is 2.57 bits per heavy atom. The number of hydrogen-bond acceptors (Lipinski definition) is 4. The van der Waals surface area contributed by atoms with Crippen molar-refractivity contribution in [2.75, 3.05) is 32.5 Å². The summed E-state index contributed by atoms with van der Waals surface area (Å²) in [5.41, 5.74) is 1.66. The van der Waals surface area contributed by atoms with E-state index in [0.29, 0.717) is 5.01 Å². The SMILES string of the molecule is CN(C)CCNc1ccc2nc(-c3c(F)cccc3F)sc2c1. The number of likely N-dealkylation sites (N-methyl/N-ethyl adjacent to an activating group) is 1. The van der Waals surface area contributed by atoms with E-state index in [1.807, 2.05) is 32.3 Å². The predicted molar refractivity (Wildman–Crippen MR) is 92.0 cm³/mol. The van der Waals surface area contributed by atoms with Crippen molar-refractivity contribution in [2.24, 2.45) is 0 Å². The van der Waals surface area contributed by atoms with Crippen LogP contribution < -0.4 is 5.32 Å². The molecule has 3 aromatic rings. The van der Waals surface area contributed by atoms with Gasteiger partial charge in [0, 0.05) is 18.8 Å². The Kier molecular flexibility index (Phi) is 4.54. The van der Waals surface area contributed by atoms with Gasteiger partial charge in [0.05, 0.1) is 15.8 Å². The maximum Gasteiger partial charge on any atom is 0.136 e. The smallest absolute Gasteiger partial charge is 0.136 e. The highest BCUT2D eigenvalue weighted by Gasteiger charge is 2.15. The lowest BCUT2D eigenvalue weighted by molar-refractivity contribution is 0.425. The second-order valence-electron chi connectivity index (χ2n) is 5.53. The monoisotopic (exact) mass is 333 g/mol. The first-order valence-electron chi connectivity index (χ1n) is 7.28. The molecule has 0 aliphatic rings. The van der Waals surface area contributed by atoms with E-state index in [9.17, 15) is 8.78 Å². The lowest BCUT2D eigenvalue weighted by Crippen LogP contribution is -2.20. The number of thiazole rings is 1. The van der Waals surface area contributed by atoms with E-state index in [0.717, 1.165) is 29.0 Å². The Hall–Kier alpha value is -2.05. The molecule has 1 heterocycles. The second-order valence-corrected chi connectivity index (χ2v) is 6.56. The van der Waals surface area contributed by atoms with Crippen LogP contribution in [0.15, 0.2) is 36.4 Å². The van der Waals surface area contributed by atoms with Gasteiger partial charge in [-0.05, 0) is 44.4 Å². The van der Waals surface area contributed by atoms with Gasteiger partial charge >= 0.3 is 0 Å². The number of hydrogen-bond donors (Lipinski definition) is 1. The number of aromatic nitrogens is 1. The molecule has 0 aliphatic carbocycles. The molecule has 23 heavy (non-hydrogen) atoms. The van der Waals surface area contributed by atoms with E-state index in [-0.39, 0.29) is 5.56 Å². The zero-order valence-corrected chi connectivity index (χ0v) is 13.8. The number of fused-ring (bicyclic) bond motifs is 1. The summed E-state index contributed by atoms with van der Waals surface area (Å²) in [5, 5.41) is 3.69. The van der Waals surface area contributed by atoms with Crippen LogP contribution in [0.3, 0.4) is 0 Å². The summed E-state index contributed by atoms with van der Waals surface area (Å²) in [6.45, 7) is 1.75. The average molecular weight is 333 g/mol. The van der Waals surface area contributed by atoms with Gasteiger partial charge < -0.3 is 10.2 Å². The van der Waals surface area contributed by atoms with Gasteiger partial charge in [0.25, 0.3) is 0 Å². The molecule has 120 valence electrons. The van der Waals surface area contributed by atoms with E-state index in [1.165, 1.54) is 29.5 Å². The lowest BCUT2D eigenvalue weighted by atomic mass is 10.2. The Morgan fingerprint density at radius 2 is 1.87 bits per heavy atom. The van der Waals surface area contributed by atoms with Crippen LogP contribution in [0.25, 0.3) is 20.8 Å². The van der Waals surface area contributed by atoms with Crippen LogP contribution in [0, 0.1) is 11.6 Å². The molecule has 0 unspecified atom stereocenters. The molecule has 1 N–H and O–H groups in total. The second kappa shape index (κ2) is 6.60. The molecule has 2 aromatic carbocycles. The third-order valence-corrected chi connectivity index (χ3v) is 4.49. The van der Waals surface area contributed by atoms with Crippen LogP contribution >= 0.6 is 11.3 Å². The summed E-state index contributed by atoms with van der Waals surface area (Å²) in [4.78, 5) is 6.45. The molecule has 0 aliphatic heterocycles. The van der Waals surface area contributed by atoms with Gasteiger partial charge in [-0.25, -0.2) is 13.8 Å². The standard InChI is InChI=1S/C17H17F2N3S/c1-22(2)9-8-20-11-6-7-14-15(10-11)23-17(21-14)16-12(18)4-3-5-13(16)19/h3-7,10,20H,8-9H2,1-2H3. The summed E-state index contributed by atoms with van der Waals surface area (Å²) >= 11 is 1.29. The molecule has 0 bridgehead atoms. The molecule has 0 saturated carbocycles. The van der Waals surface area contributed by atoms with Gasteiger partial charge in [0.1, 0.15) is 16.6 Å². The summed E-state index contributed by atoms with van der Waals surface area (Å²) in [5.74, 6) is -1.18. The predicted octanol–water partition coefficient (Wildman–Crippen LogP) is 4.22. The van der Waals surface area contributed by atoms with Crippen molar-refractivity contribution >= 4 is 27.2 Å². The molecule has 0 radical (unpaired) electrons. The summed E-state index contributed by atoms with van der Waals surface area (Å²) in [6.07, 6.45) is 0. The van der Waals surface area contributed by atoms with Gasteiger partial charge in [0.15, 0.2) is 0 Å². The first-order chi connectivity index (χ1) is 11.0. The molecule has 3 nitrogen and oxygen atoms in total. The van der Waals surface area contributed by atoms with Gasteiger partial charge in [-0.3, -0.25) is 0 Å². The molecule has 3 rings (SSSR count). The first-order valence-corrected chi connectivity index (χ1v) is 8.10. The maximum absolute atomic E-state index is 13.9. The van der Waals surface area contributed by atoms with Crippen LogP contribution in [0.2, 0.25) is 0 Å². The minimum absolute atomic E-state index is 0.0594. The lowest BCUT2D eigenvalue weighted by Gasteiger charge is -2.11. The number of rotatable bonds is 5. The van der Waals surface area contributed by atoms with Crippen molar-refractivity contribution in [1.29, 1.82) is 0 Å². The Morgan fingerprint density at radius 1 is 1.13 bits per heavy atom. The third kappa shape index (κ3) is 3.48. The third-order valence-electron chi connectivity index (χ3n) is 3.45. The summed E-state index contributed by atoms with van der Waals surface area (Å²) in [6, 6.07) is 9.61. The van der Waals surface area contributed by atoms with Crippen molar-refractivity contribution < 1.29 is 8.78 Å². The van der Waals surface area contributed by atoms with E-state index in [4.69, 9.17) is 0 Å². The first kappa shape index (κ1) is 15.8. The van der Waals surface area contributed by atoms with Crippen LogP contribution in [0.1, 0.15) is 0 Å². The molecular weight excluding hydrogens is 316 g/mol. The summed E-state index contributed by atoms with van der Waals surface area (Å²) < 4.78 is 28.7. The van der Waals surface area contributed by atoms with Crippen molar-refractivity contribution in [1.82, 2.24) is 9.88 Å². The van der Waals surface area contributed by atoms with Crippen molar-refractivity contribution in [3.63, 3.8) is 0 Å². The molecule has 0 atom stereocenters. The van der Waals surface area contributed by atoms with Gasteiger partial charge in [-0.2, -0.15) is 0 Å². The van der Waals surface area contributed by atoms with E-state index in [1.54, 1.807) is 0 Å². The molecule has 6 heteroatoms. The fourth-order valence-electron chi connectivity index (χ4n) is 2.27. The van der Waals surface area contributed by atoms with Crippen molar-refractivity contribution in [3.05, 3.63) is 48.0 Å². The number of nitrogens with zero attached hydrogens (tertiary/aromatic N) is 2. The maximum atomic E-state index is 13.9. The highest BCUT2D eigenvalue weighted by atomic mass is 32.1. The molecule has 0 spiro atoms. The Balaban J connectivity index is 1.90. The largest absolute Gasteiger partial charge is 0.384 e. The fraction of sp³-hybridized carbons (Fsp3) is 0.235. The van der Waals surface area contributed by atoms with E-state index >= 15 is 0 Å². The molecule has 0 amide bonds. The summed E-state index contributed by atoms with van der Waals surface area (Å²) in [7, 11) is 4.03. The Labute approximate surface area is 137 Å². The van der Waals surface area contributed by atoms with E-state index in [2.05, 4.69) is 15.2 Å². The number of anilines is 1. The topological polar surface area (TPSA) is 28.2 Å². The fourth-order valence-corrected chi connectivity index (χ4v) is 3.32. The van der Waals surface area contributed by atoms with Gasteiger partial charge in [0.2, 0.25) is 0 Å². The van der Waals surface area contributed by atoms with Crippen molar-refractivity contribution in [2.45, 2.75) is 0 Å². The minimum Gasteiger partial charge on any atom is -0.384 e. The van der Waals surface area contributed by atoms with E-state index < -0.39 is 11.6 Å². The molecule has 0 fully saturated rings. The highest BCUT2D eigenvalue weighted by molar-refractivity contribution is 7.21. The molecule has 0 saturated heterocycles. The highest BCUT2D eigenvalue weighted by Crippen LogP contribution is 2.34. The van der Waals surface area contributed by atoms with Crippen LogP contribution in [-0.4, -0.2) is 37.1 Å².